The number of nitrogens with zero attached hydrogens (tertiary/aromatic N) is 1. The lowest BCUT2D eigenvalue weighted by atomic mass is 9.92. The van der Waals surface area contributed by atoms with E-state index in [1.165, 1.54) is 6.08 Å². The Morgan fingerprint density at radius 2 is 1.83 bits per heavy atom. The normalized spacial score (nSPS) is 13.4. The van der Waals surface area contributed by atoms with Crippen molar-refractivity contribution in [2.24, 2.45) is 0 Å². The highest BCUT2D eigenvalue weighted by molar-refractivity contribution is 6.42. The van der Waals surface area contributed by atoms with Gasteiger partial charge in [-0.25, -0.2) is 4.79 Å². The van der Waals surface area contributed by atoms with Crippen molar-refractivity contribution in [2.45, 2.75) is 18.9 Å². The third kappa shape index (κ3) is 7.20. The fourth-order valence-corrected chi connectivity index (χ4v) is 3.26. The van der Waals surface area contributed by atoms with Crippen molar-refractivity contribution in [1.82, 2.24) is 4.90 Å². The Morgan fingerprint density at radius 1 is 1.14 bits per heavy atom. The van der Waals surface area contributed by atoms with Crippen LogP contribution in [-0.4, -0.2) is 36.6 Å². The van der Waals surface area contributed by atoms with E-state index in [9.17, 15) is 4.79 Å². The fraction of sp³-hybridized carbons (Fsp3) is 0.261. The first-order chi connectivity index (χ1) is 13.7. The van der Waals surface area contributed by atoms with Crippen LogP contribution < -0.4 is 0 Å². The van der Waals surface area contributed by atoms with Crippen molar-refractivity contribution in [3.8, 4) is 0 Å². The number of esters is 1. The number of halogens is 3. The summed E-state index contributed by atoms with van der Waals surface area (Å²) in [5, 5.41) is 1.66. The molecule has 0 bridgehead atoms. The van der Waals surface area contributed by atoms with E-state index in [1.54, 1.807) is 24.3 Å². The van der Waals surface area contributed by atoms with Crippen molar-refractivity contribution in [3.05, 3.63) is 87.4 Å². The SMILES string of the molecule is C=CCN(C)[C@](C)(COC(=O)/C=C/c1ccc(Cl)cc1)Cc1ccc(Cl)c(Cl)c1. The summed E-state index contributed by atoms with van der Waals surface area (Å²) in [4.78, 5) is 14.3. The fourth-order valence-electron chi connectivity index (χ4n) is 2.81. The average Bonchev–Trinajstić information content (AvgIpc) is 2.69. The molecule has 6 heteroatoms. The van der Waals surface area contributed by atoms with Crippen molar-refractivity contribution >= 4 is 46.8 Å². The van der Waals surface area contributed by atoms with Gasteiger partial charge in [0.25, 0.3) is 0 Å². The number of hydrogen-bond acceptors (Lipinski definition) is 3. The molecular formula is C23H24Cl3NO2. The second-order valence-electron chi connectivity index (χ2n) is 7.08. The Hall–Kier alpha value is -1.78. The zero-order valence-electron chi connectivity index (χ0n) is 16.5. The zero-order chi connectivity index (χ0) is 21.4. The van der Waals surface area contributed by atoms with E-state index in [2.05, 4.69) is 11.5 Å². The quantitative estimate of drug-likeness (QED) is 0.253. The van der Waals surface area contributed by atoms with Crippen molar-refractivity contribution in [2.75, 3.05) is 20.2 Å². The molecule has 0 saturated carbocycles. The van der Waals surface area contributed by atoms with E-state index >= 15 is 0 Å². The molecule has 0 aromatic heterocycles. The summed E-state index contributed by atoms with van der Waals surface area (Å²) >= 11 is 18.0. The Labute approximate surface area is 187 Å². The summed E-state index contributed by atoms with van der Waals surface area (Å²) in [5.41, 5.74) is 1.43. The van der Waals surface area contributed by atoms with E-state index < -0.39 is 11.5 Å². The van der Waals surface area contributed by atoms with Crippen LogP contribution in [0.3, 0.4) is 0 Å². The Kier molecular flexibility index (Phi) is 8.79. The van der Waals surface area contributed by atoms with Gasteiger partial charge in [-0.1, -0.05) is 59.1 Å². The highest BCUT2D eigenvalue weighted by atomic mass is 35.5. The molecule has 0 radical (unpaired) electrons. The first-order valence-electron chi connectivity index (χ1n) is 9.10. The van der Waals surface area contributed by atoms with Crippen LogP contribution >= 0.6 is 34.8 Å². The Bertz CT molecular complexity index is 880. The lowest BCUT2D eigenvalue weighted by Gasteiger charge is -2.38. The van der Waals surface area contributed by atoms with Gasteiger partial charge in [0.2, 0.25) is 0 Å². The third-order valence-electron chi connectivity index (χ3n) is 4.70. The molecule has 1 atom stereocenters. The smallest absolute Gasteiger partial charge is 0.330 e. The number of ether oxygens (including phenoxy) is 1. The zero-order valence-corrected chi connectivity index (χ0v) is 18.8. The van der Waals surface area contributed by atoms with Gasteiger partial charge in [-0.15, -0.1) is 6.58 Å². The Balaban J connectivity index is 2.08. The lowest BCUT2D eigenvalue weighted by molar-refractivity contribution is -0.141. The maximum atomic E-state index is 12.2. The minimum atomic E-state index is -0.449. The van der Waals surface area contributed by atoms with Gasteiger partial charge in [-0.2, -0.15) is 0 Å². The molecule has 0 N–H and O–H groups in total. The summed E-state index contributed by atoms with van der Waals surface area (Å²) in [5.74, 6) is -0.410. The monoisotopic (exact) mass is 451 g/mol. The van der Waals surface area contributed by atoms with Gasteiger partial charge in [0.15, 0.2) is 0 Å². The molecule has 0 spiro atoms. The largest absolute Gasteiger partial charge is 0.461 e. The molecule has 2 aromatic rings. The van der Waals surface area contributed by atoms with Crippen LogP contribution in [0.4, 0.5) is 0 Å². The standard InChI is InChI=1S/C23H24Cl3NO2/c1-4-13-27(3)23(2,15-18-7-11-20(25)21(26)14-18)16-29-22(28)12-8-17-5-9-19(24)10-6-17/h4-12,14H,1,13,15-16H2,2-3H3/b12-8+/t23-/m0/s1. The van der Waals surface area contributed by atoms with Gasteiger partial charge in [-0.3, -0.25) is 4.90 Å². The van der Waals surface area contributed by atoms with Crippen LogP contribution in [0.15, 0.2) is 61.2 Å². The summed E-state index contributed by atoms with van der Waals surface area (Å²) in [7, 11) is 1.97. The van der Waals surface area contributed by atoms with Gasteiger partial charge in [0.1, 0.15) is 6.61 Å². The maximum absolute atomic E-state index is 12.2. The minimum Gasteiger partial charge on any atom is -0.461 e. The average molecular weight is 453 g/mol. The van der Waals surface area contributed by atoms with E-state index in [-0.39, 0.29) is 6.61 Å². The first kappa shape index (κ1) is 23.5. The minimum absolute atomic E-state index is 0.210. The first-order valence-corrected chi connectivity index (χ1v) is 10.2. The molecular weight excluding hydrogens is 429 g/mol. The number of hydrogen-bond donors (Lipinski definition) is 0. The molecule has 0 amide bonds. The molecule has 0 fully saturated rings. The number of likely N-dealkylation sites (N-methyl/N-ethyl adjacent to an activating group) is 1. The van der Waals surface area contributed by atoms with Gasteiger partial charge in [0.05, 0.1) is 15.6 Å². The third-order valence-corrected chi connectivity index (χ3v) is 5.69. The molecule has 0 unspecified atom stereocenters. The van der Waals surface area contributed by atoms with Gasteiger partial charge in [0, 0.05) is 17.6 Å². The van der Waals surface area contributed by atoms with Crippen molar-refractivity contribution in [1.29, 1.82) is 0 Å². The molecule has 154 valence electrons. The molecule has 0 saturated heterocycles. The number of benzene rings is 2. The van der Waals surface area contributed by atoms with E-state index in [1.807, 2.05) is 44.3 Å². The lowest BCUT2D eigenvalue weighted by Crippen LogP contribution is -2.49. The molecule has 0 aliphatic carbocycles. The molecule has 29 heavy (non-hydrogen) atoms. The van der Waals surface area contributed by atoms with Crippen LogP contribution in [0.2, 0.25) is 15.1 Å². The number of rotatable bonds is 9. The van der Waals surface area contributed by atoms with E-state index in [0.29, 0.717) is 28.0 Å². The van der Waals surface area contributed by atoms with Crippen LogP contribution in [0, 0.1) is 0 Å². The number of carbonyl (C=O) groups excluding carboxylic acids is 1. The van der Waals surface area contributed by atoms with Crippen LogP contribution in [-0.2, 0) is 16.0 Å². The predicted molar refractivity (Wildman–Crippen MR) is 123 cm³/mol. The summed E-state index contributed by atoms with van der Waals surface area (Å²) in [6.07, 6.45) is 5.55. The molecule has 2 rings (SSSR count). The topological polar surface area (TPSA) is 29.5 Å². The van der Waals surface area contributed by atoms with Gasteiger partial charge >= 0.3 is 5.97 Å². The second kappa shape index (κ2) is 10.8. The van der Waals surface area contributed by atoms with E-state index in [0.717, 1.165) is 11.1 Å². The highest BCUT2D eigenvalue weighted by Gasteiger charge is 2.31. The second-order valence-corrected chi connectivity index (χ2v) is 8.33. The van der Waals surface area contributed by atoms with Crippen LogP contribution in [0.25, 0.3) is 6.08 Å². The predicted octanol–water partition coefficient (Wildman–Crippen LogP) is 6.32. The van der Waals surface area contributed by atoms with Crippen LogP contribution in [0.1, 0.15) is 18.1 Å². The number of carbonyl (C=O) groups is 1. The van der Waals surface area contributed by atoms with Gasteiger partial charge < -0.3 is 4.74 Å². The van der Waals surface area contributed by atoms with Gasteiger partial charge in [-0.05, 0) is 61.9 Å². The molecule has 2 aromatic carbocycles. The molecule has 0 heterocycles. The maximum Gasteiger partial charge on any atom is 0.330 e. The van der Waals surface area contributed by atoms with Crippen LogP contribution in [0.5, 0.6) is 0 Å². The molecule has 0 aliphatic heterocycles. The van der Waals surface area contributed by atoms with Crippen molar-refractivity contribution < 1.29 is 9.53 Å². The van der Waals surface area contributed by atoms with Crippen molar-refractivity contribution in [3.63, 3.8) is 0 Å². The summed E-state index contributed by atoms with van der Waals surface area (Å²) in [6, 6.07) is 12.7. The Morgan fingerprint density at radius 3 is 2.45 bits per heavy atom. The highest BCUT2D eigenvalue weighted by Crippen LogP contribution is 2.27. The summed E-state index contributed by atoms with van der Waals surface area (Å²) in [6.45, 7) is 6.70. The molecule has 3 nitrogen and oxygen atoms in total. The van der Waals surface area contributed by atoms with E-state index in [4.69, 9.17) is 39.5 Å². The summed E-state index contributed by atoms with van der Waals surface area (Å²) < 4.78 is 5.56. The molecule has 0 aliphatic rings.